The molecule has 0 aliphatic carbocycles. The summed E-state index contributed by atoms with van der Waals surface area (Å²) < 4.78 is 5.95. The lowest BCUT2D eigenvalue weighted by atomic mass is 10.0. The molecular weight excluding hydrogens is 276 g/mol. The second kappa shape index (κ2) is 7.97. The topological polar surface area (TPSA) is 42.4 Å². The van der Waals surface area contributed by atoms with Crippen LogP contribution in [0.15, 0.2) is 24.5 Å². The van der Waals surface area contributed by atoms with Crippen LogP contribution in [0.2, 0.25) is 0 Å². The first-order valence-corrected chi connectivity index (χ1v) is 8.12. The molecule has 1 aliphatic heterocycles. The van der Waals surface area contributed by atoms with Gasteiger partial charge in [-0.25, -0.2) is 0 Å². The molecule has 120 valence electrons. The quantitative estimate of drug-likeness (QED) is 0.807. The predicted octanol–water partition coefficient (Wildman–Crippen LogP) is 3.53. The number of hydrogen-bond donors (Lipinski definition) is 0. The molecule has 0 N–H and O–H groups in total. The Morgan fingerprint density at radius 2 is 2.36 bits per heavy atom. The molecule has 1 fully saturated rings. The first-order valence-electron chi connectivity index (χ1n) is 8.12. The lowest BCUT2D eigenvalue weighted by Crippen LogP contribution is -2.28. The SMILES string of the molecule is CC[C@@H](C)C/C=C/c1cncc(O[C@@H]2CCN(C(C)=O)C2)c1. The lowest BCUT2D eigenvalue weighted by molar-refractivity contribution is -0.128. The smallest absolute Gasteiger partial charge is 0.219 e. The zero-order chi connectivity index (χ0) is 15.9. The van der Waals surface area contributed by atoms with Crippen LogP contribution in [0.1, 0.15) is 45.6 Å². The van der Waals surface area contributed by atoms with Crippen molar-refractivity contribution in [2.24, 2.45) is 5.92 Å². The van der Waals surface area contributed by atoms with Gasteiger partial charge in [-0.05, 0) is 24.0 Å². The van der Waals surface area contributed by atoms with Gasteiger partial charge in [0.2, 0.25) is 5.91 Å². The van der Waals surface area contributed by atoms with E-state index in [1.54, 1.807) is 13.1 Å². The van der Waals surface area contributed by atoms with Gasteiger partial charge in [-0.3, -0.25) is 9.78 Å². The molecule has 2 rings (SSSR count). The summed E-state index contributed by atoms with van der Waals surface area (Å²) >= 11 is 0. The molecule has 0 unspecified atom stereocenters. The number of aromatic nitrogens is 1. The maximum absolute atomic E-state index is 11.3. The van der Waals surface area contributed by atoms with Gasteiger partial charge in [0.05, 0.1) is 12.7 Å². The van der Waals surface area contributed by atoms with Crippen molar-refractivity contribution in [3.63, 3.8) is 0 Å². The van der Waals surface area contributed by atoms with Crippen molar-refractivity contribution in [1.82, 2.24) is 9.88 Å². The normalized spacial score (nSPS) is 19.6. The molecule has 22 heavy (non-hydrogen) atoms. The standard InChI is InChI=1S/C18H26N2O2/c1-4-14(2)6-5-7-16-10-18(12-19-11-16)22-17-8-9-20(13-17)15(3)21/h5,7,10-12,14,17H,4,6,8-9,13H2,1-3H3/b7-5+/t14-,17-/m1/s1. The Bertz CT molecular complexity index is 528. The van der Waals surface area contributed by atoms with E-state index in [1.807, 2.05) is 17.2 Å². The van der Waals surface area contributed by atoms with Crippen LogP contribution >= 0.6 is 0 Å². The summed E-state index contributed by atoms with van der Waals surface area (Å²) in [6.45, 7) is 7.52. The third kappa shape index (κ3) is 4.86. The van der Waals surface area contributed by atoms with Crippen LogP contribution in [0.25, 0.3) is 6.08 Å². The Balaban J connectivity index is 1.90. The Morgan fingerprint density at radius 1 is 1.55 bits per heavy atom. The van der Waals surface area contributed by atoms with E-state index in [0.29, 0.717) is 12.5 Å². The maximum Gasteiger partial charge on any atom is 0.219 e. The number of ether oxygens (including phenoxy) is 1. The fourth-order valence-corrected chi connectivity index (χ4v) is 2.50. The van der Waals surface area contributed by atoms with Gasteiger partial charge in [0.15, 0.2) is 0 Å². The molecule has 0 saturated carbocycles. The molecule has 2 atom stereocenters. The van der Waals surface area contributed by atoms with Gasteiger partial charge in [-0.15, -0.1) is 0 Å². The Labute approximate surface area is 133 Å². The van der Waals surface area contributed by atoms with E-state index >= 15 is 0 Å². The number of pyridine rings is 1. The summed E-state index contributed by atoms with van der Waals surface area (Å²) in [5.41, 5.74) is 1.06. The zero-order valence-electron chi connectivity index (χ0n) is 13.8. The van der Waals surface area contributed by atoms with Gasteiger partial charge in [-0.1, -0.05) is 32.4 Å². The Kier molecular flexibility index (Phi) is 5.99. The average molecular weight is 302 g/mol. The summed E-state index contributed by atoms with van der Waals surface area (Å²) in [4.78, 5) is 17.4. The highest BCUT2D eigenvalue weighted by atomic mass is 16.5. The van der Waals surface area contributed by atoms with Crippen LogP contribution in [-0.4, -0.2) is 35.0 Å². The molecule has 0 spiro atoms. The van der Waals surface area contributed by atoms with Crippen LogP contribution in [0.4, 0.5) is 0 Å². The molecule has 4 heteroatoms. The third-order valence-corrected chi connectivity index (χ3v) is 4.17. The minimum Gasteiger partial charge on any atom is -0.487 e. The van der Waals surface area contributed by atoms with Crippen LogP contribution in [-0.2, 0) is 4.79 Å². The zero-order valence-corrected chi connectivity index (χ0v) is 13.8. The first-order chi connectivity index (χ1) is 10.6. The van der Waals surface area contributed by atoms with Gasteiger partial charge in [0.25, 0.3) is 0 Å². The number of allylic oxidation sites excluding steroid dienone is 1. The lowest BCUT2D eigenvalue weighted by Gasteiger charge is -2.15. The van der Waals surface area contributed by atoms with Crippen molar-refractivity contribution in [2.75, 3.05) is 13.1 Å². The molecule has 4 nitrogen and oxygen atoms in total. The molecular formula is C18H26N2O2. The van der Waals surface area contributed by atoms with Crippen molar-refractivity contribution in [3.05, 3.63) is 30.1 Å². The molecule has 1 aromatic rings. The second-order valence-corrected chi connectivity index (χ2v) is 6.10. The van der Waals surface area contributed by atoms with Gasteiger partial charge in [-0.2, -0.15) is 0 Å². The fourth-order valence-electron chi connectivity index (χ4n) is 2.50. The third-order valence-electron chi connectivity index (χ3n) is 4.17. The highest BCUT2D eigenvalue weighted by molar-refractivity contribution is 5.73. The molecule has 2 heterocycles. The van der Waals surface area contributed by atoms with E-state index in [0.717, 1.165) is 30.7 Å². The number of nitrogens with zero attached hydrogens (tertiary/aromatic N) is 2. The average Bonchev–Trinajstić information content (AvgIpc) is 2.96. The highest BCUT2D eigenvalue weighted by Gasteiger charge is 2.25. The van der Waals surface area contributed by atoms with E-state index in [1.165, 1.54) is 6.42 Å². The Hall–Kier alpha value is -1.84. The molecule has 1 saturated heterocycles. The molecule has 0 radical (unpaired) electrons. The summed E-state index contributed by atoms with van der Waals surface area (Å²) in [6, 6.07) is 2.01. The van der Waals surface area contributed by atoms with E-state index < -0.39 is 0 Å². The predicted molar refractivity (Wildman–Crippen MR) is 88.6 cm³/mol. The largest absolute Gasteiger partial charge is 0.487 e. The highest BCUT2D eigenvalue weighted by Crippen LogP contribution is 2.19. The van der Waals surface area contributed by atoms with E-state index in [2.05, 4.69) is 31.0 Å². The summed E-state index contributed by atoms with van der Waals surface area (Å²) in [5, 5.41) is 0. The van der Waals surface area contributed by atoms with Crippen LogP contribution in [0, 0.1) is 5.92 Å². The number of carbonyl (C=O) groups is 1. The van der Waals surface area contributed by atoms with Gasteiger partial charge < -0.3 is 9.64 Å². The van der Waals surface area contributed by atoms with Gasteiger partial charge in [0.1, 0.15) is 11.9 Å². The monoisotopic (exact) mass is 302 g/mol. The maximum atomic E-state index is 11.3. The first kappa shape index (κ1) is 16.5. The molecule has 0 bridgehead atoms. The Morgan fingerprint density at radius 3 is 3.05 bits per heavy atom. The van der Waals surface area contributed by atoms with Gasteiger partial charge in [0, 0.05) is 26.1 Å². The number of likely N-dealkylation sites (tertiary alicyclic amines) is 1. The molecule has 1 aromatic heterocycles. The molecule has 1 amide bonds. The van der Waals surface area contributed by atoms with E-state index in [9.17, 15) is 4.79 Å². The minimum atomic E-state index is 0.0741. The summed E-state index contributed by atoms with van der Waals surface area (Å²) in [5.74, 6) is 1.60. The van der Waals surface area contributed by atoms with Crippen molar-refractivity contribution in [1.29, 1.82) is 0 Å². The summed E-state index contributed by atoms with van der Waals surface area (Å²) in [7, 11) is 0. The van der Waals surface area contributed by atoms with Crippen molar-refractivity contribution in [2.45, 2.75) is 46.1 Å². The van der Waals surface area contributed by atoms with E-state index in [4.69, 9.17) is 4.74 Å². The fraction of sp³-hybridized carbons (Fsp3) is 0.556. The summed E-state index contributed by atoms with van der Waals surface area (Å²) in [6.07, 6.45) is 11.1. The number of carbonyl (C=O) groups excluding carboxylic acids is 1. The van der Waals surface area contributed by atoms with Crippen LogP contribution < -0.4 is 4.74 Å². The number of amides is 1. The van der Waals surface area contributed by atoms with Crippen molar-refractivity contribution < 1.29 is 9.53 Å². The molecule has 1 aliphatic rings. The van der Waals surface area contributed by atoms with Crippen molar-refractivity contribution >= 4 is 12.0 Å². The second-order valence-electron chi connectivity index (χ2n) is 6.10. The van der Waals surface area contributed by atoms with Crippen LogP contribution in [0.3, 0.4) is 0 Å². The number of rotatable bonds is 6. The minimum absolute atomic E-state index is 0.0741. The van der Waals surface area contributed by atoms with Crippen LogP contribution in [0.5, 0.6) is 5.75 Å². The van der Waals surface area contributed by atoms with Crippen molar-refractivity contribution in [3.8, 4) is 5.75 Å². The molecule has 0 aromatic carbocycles. The van der Waals surface area contributed by atoms with Gasteiger partial charge >= 0.3 is 0 Å². The number of hydrogen-bond acceptors (Lipinski definition) is 3. The van der Waals surface area contributed by atoms with E-state index in [-0.39, 0.29) is 12.0 Å².